The Hall–Kier alpha value is -4.06. The minimum Gasteiger partial charge on any atom is -0.360 e. The zero-order valence-electron chi connectivity index (χ0n) is 15.4. The number of nitrogens with one attached hydrogen (secondary N) is 1. The van der Waals surface area contributed by atoms with Crippen molar-refractivity contribution in [3.8, 4) is 11.4 Å². The van der Waals surface area contributed by atoms with Gasteiger partial charge in [0.15, 0.2) is 11.8 Å². The van der Waals surface area contributed by atoms with Crippen molar-refractivity contribution in [1.82, 2.24) is 25.2 Å². The molecule has 0 unspecified atom stereocenters. The Bertz CT molecular complexity index is 1270. The van der Waals surface area contributed by atoms with Crippen LogP contribution in [-0.4, -0.2) is 31.0 Å². The van der Waals surface area contributed by atoms with Crippen molar-refractivity contribution in [3.05, 3.63) is 102 Å². The molecule has 0 amide bonds. The Morgan fingerprint density at radius 2 is 1.55 bits per heavy atom. The monoisotopic (exact) mass is 379 g/mol. The van der Waals surface area contributed by atoms with Crippen LogP contribution in [0.2, 0.25) is 0 Å². The first-order valence-corrected chi connectivity index (χ1v) is 9.31. The maximum atomic E-state index is 13.6. The second-order valence-electron chi connectivity index (χ2n) is 6.72. The summed E-state index contributed by atoms with van der Waals surface area (Å²) < 4.78 is 0. The lowest BCUT2D eigenvalue weighted by Gasteiger charge is -2.14. The van der Waals surface area contributed by atoms with E-state index in [9.17, 15) is 4.79 Å². The molecule has 2 heterocycles. The van der Waals surface area contributed by atoms with Crippen molar-refractivity contribution < 1.29 is 4.79 Å². The molecule has 0 spiro atoms. The molecule has 0 saturated carbocycles. The molecule has 0 fully saturated rings. The standard InChI is InChI=1S/C23H17N5O/c29-22(19-15-24-20-14-8-7-13-18(19)20)21(16-9-3-1-4-10-16)28-26-23(25-27-28)17-11-5-2-6-12-17/h1-15,21,24H/t21-/m0/s1. The molecule has 0 radical (unpaired) electrons. The van der Waals surface area contributed by atoms with Gasteiger partial charge in [-0.1, -0.05) is 78.9 Å². The van der Waals surface area contributed by atoms with E-state index in [0.717, 1.165) is 22.0 Å². The number of para-hydroxylation sites is 1. The molecule has 6 heteroatoms. The molecule has 5 rings (SSSR count). The lowest BCUT2D eigenvalue weighted by Crippen LogP contribution is -2.23. The highest BCUT2D eigenvalue weighted by Gasteiger charge is 2.28. The normalized spacial score (nSPS) is 12.1. The number of benzene rings is 3. The topological polar surface area (TPSA) is 76.5 Å². The lowest BCUT2D eigenvalue weighted by atomic mass is 9.97. The van der Waals surface area contributed by atoms with Crippen LogP contribution < -0.4 is 0 Å². The molecule has 5 aromatic rings. The molecule has 0 saturated heterocycles. The summed E-state index contributed by atoms with van der Waals surface area (Å²) in [5.74, 6) is 0.393. The van der Waals surface area contributed by atoms with Crippen LogP contribution >= 0.6 is 0 Å². The van der Waals surface area contributed by atoms with E-state index in [1.165, 1.54) is 4.80 Å². The lowest BCUT2D eigenvalue weighted by molar-refractivity contribution is 0.0932. The number of fused-ring (bicyclic) bond motifs is 1. The van der Waals surface area contributed by atoms with Crippen molar-refractivity contribution in [2.24, 2.45) is 0 Å². The Morgan fingerprint density at radius 1 is 0.862 bits per heavy atom. The Kier molecular flexibility index (Phi) is 4.22. The first-order chi connectivity index (χ1) is 14.3. The Morgan fingerprint density at radius 3 is 2.34 bits per heavy atom. The minimum absolute atomic E-state index is 0.0920. The third-order valence-corrected chi connectivity index (χ3v) is 4.91. The van der Waals surface area contributed by atoms with Crippen LogP contribution in [0.4, 0.5) is 0 Å². The smallest absolute Gasteiger partial charge is 0.204 e. The number of Topliss-reactive ketones (excluding diaryl/α,β-unsaturated/α-hetero) is 1. The molecule has 1 N–H and O–H groups in total. The van der Waals surface area contributed by atoms with E-state index in [1.807, 2.05) is 84.9 Å². The summed E-state index contributed by atoms with van der Waals surface area (Å²) in [7, 11) is 0. The van der Waals surface area contributed by atoms with Crippen molar-refractivity contribution in [1.29, 1.82) is 0 Å². The maximum absolute atomic E-state index is 13.6. The number of rotatable bonds is 5. The van der Waals surface area contributed by atoms with E-state index in [4.69, 9.17) is 0 Å². The predicted octanol–water partition coefficient (Wildman–Crippen LogP) is 4.29. The van der Waals surface area contributed by atoms with Gasteiger partial charge in [0.25, 0.3) is 0 Å². The fourth-order valence-corrected chi connectivity index (χ4v) is 3.48. The Balaban J connectivity index is 1.61. The average Bonchev–Trinajstić information content (AvgIpc) is 3.43. The maximum Gasteiger partial charge on any atom is 0.204 e. The minimum atomic E-state index is -0.708. The number of carbonyl (C=O) groups is 1. The van der Waals surface area contributed by atoms with Crippen LogP contribution in [0.15, 0.2) is 91.1 Å². The summed E-state index contributed by atoms with van der Waals surface area (Å²) in [5, 5.41) is 13.8. The highest BCUT2D eigenvalue weighted by Crippen LogP contribution is 2.27. The quantitative estimate of drug-likeness (QED) is 0.462. The highest BCUT2D eigenvalue weighted by molar-refractivity contribution is 6.10. The number of aromatic amines is 1. The molecule has 0 aliphatic carbocycles. The van der Waals surface area contributed by atoms with E-state index in [2.05, 4.69) is 20.4 Å². The third-order valence-electron chi connectivity index (χ3n) is 4.91. The number of H-pyrrole nitrogens is 1. The van der Waals surface area contributed by atoms with E-state index in [0.29, 0.717) is 11.4 Å². The molecule has 29 heavy (non-hydrogen) atoms. The van der Waals surface area contributed by atoms with E-state index < -0.39 is 6.04 Å². The highest BCUT2D eigenvalue weighted by atomic mass is 16.1. The van der Waals surface area contributed by atoms with Crippen LogP contribution in [0.25, 0.3) is 22.3 Å². The largest absolute Gasteiger partial charge is 0.360 e. The van der Waals surface area contributed by atoms with Gasteiger partial charge >= 0.3 is 0 Å². The van der Waals surface area contributed by atoms with Crippen molar-refractivity contribution >= 4 is 16.7 Å². The number of tetrazole rings is 1. The number of hydrogen-bond donors (Lipinski definition) is 1. The second kappa shape index (κ2) is 7.16. The molecular weight excluding hydrogens is 362 g/mol. The number of hydrogen-bond acceptors (Lipinski definition) is 4. The fourth-order valence-electron chi connectivity index (χ4n) is 3.48. The average molecular weight is 379 g/mol. The first kappa shape index (κ1) is 17.1. The molecular formula is C23H17N5O. The van der Waals surface area contributed by atoms with Crippen LogP contribution in [0.5, 0.6) is 0 Å². The number of carbonyl (C=O) groups excluding carboxylic acids is 1. The van der Waals surface area contributed by atoms with Gasteiger partial charge in [0, 0.05) is 28.2 Å². The summed E-state index contributed by atoms with van der Waals surface area (Å²) in [5.41, 5.74) is 3.18. The van der Waals surface area contributed by atoms with Gasteiger partial charge in [-0.05, 0) is 16.8 Å². The van der Waals surface area contributed by atoms with Crippen LogP contribution in [0.1, 0.15) is 22.0 Å². The van der Waals surface area contributed by atoms with Crippen LogP contribution in [-0.2, 0) is 0 Å². The molecule has 2 aromatic heterocycles. The van der Waals surface area contributed by atoms with Gasteiger partial charge in [0.05, 0.1) is 0 Å². The summed E-state index contributed by atoms with van der Waals surface area (Å²) in [6.45, 7) is 0. The molecule has 140 valence electrons. The number of nitrogens with zero attached hydrogens (tertiary/aromatic N) is 4. The van der Waals surface area contributed by atoms with Gasteiger partial charge in [-0.2, -0.15) is 0 Å². The molecule has 1 atom stereocenters. The number of ketones is 1. The number of aromatic nitrogens is 5. The molecule has 6 nitrogen and oxygen atoms in total. The van der Waals surface area contributed by atoms with Gasteiger partial charge in [0.1, 0.15) is 0 Å². The van der Waals surface area contributed by atoms with E-state index >= 15 is 0 Å². The second-order valence-corrected chi connectivity index (χ2v) is 6.72. The zero-order chi connectivity index (χ0) is 19.6. The van der Waals surface area contributed by atoms with Crippen LogP contribution in [0.3, 0.4) is 0 Å². The van der Waals surface area contributed by atoms with Gasteiger partial charge in [-0.15, -0.1) is 15.0 Å². The predicted molar refractivity (Wildman–Crippen MR) is 110 cm³/mol. The molecule has 3 aromatic carbocycles. The van der Waals surface area contributed by atoms with Gasteiger partial charge in [-0.3, -0.25) is 4.79 Å². The van der Waals surface area contributed by atoms with Crippen molar-refractivity contribution in [3.63, 3.8) is 0 Å². The van der Waals surface area contributed by atoms with Crippen molar-refractivity contribution in [2.75, 3.05) is 0 Å². The fraction of sp³-hybridized carbons (Fsp3) is 0.0435. The van der Waals surface area contributed by atoms with Gasteiger partial charge in [0.2, 0.25) is 5.82 Å². The van der Waals surface area contributed by atoms with E-state index in [-0.39, 0.29) is 5.78 Å². The van der Waals surface area contributed by atoms with Gasteiger partial charge < -0.3 is 4.98 Å². The molecule has 0 aliphatic heterocycles. The Labute approximate surface area is 166 Å². The van der Waals surface area contributed by atoms with Crippen LogP contribution in [0, 0.1) is 0 Å². The van der Waals surface area contributed by atoms with Gasteiger partial charge in [-0.25, -0.2) is 0 Å². The zero-order valence-corrected chi connectivity index (χ0v) is 15.4. The SMILES string of the molecule is O=C(c1c[nH]c2ccccc12)[C@H](c1ccccc1)n1nnc(-c2ccccc2)n1. The van der Waals surface area contributed by atoms with Crippen molar-refractivity contribution in [2.45, 2.75) is 6.04 Å². The molecule has 0 aliphatic rings. The summed E-state index contributed by atoms with van der Waals surface area (Å²) in [6.07, 6.45) is 1.75. The first-order valence-electron chi connectivity index (χ1n) is 9.31. The third kappa shape index (κ3) is 3.10. The summed E-state index contributed by atoms with van der Waals surface area (Å²) in [6, 6.07) is 26.2. The summed E-state index contributed by atoms with van der Waals surface area (Å²) in [4.78, 5) is 18.2. The summed E-state index contributed by atoms with van der Waals surface area (Å²) >= 11 is 0. The molecule has 0 bridgehead atoms. The van der Waals surface area contributed by atoms with E-state index in [1.54, 1.807) is 6.20 Å².